The Labute approximate surface area is 147 Å². The van der Waals surface area contributed by atoms with Gasteiger partial charge in [-0.1, -0.05) is 33.6 Å². The minimum atomic E-state index is 0.204. The van der Waals surface area contributed by atoms with Crippen LogP contribution in [0.4, 0.5) is 5.69 Å². The van der Waals surface area contributed by atoms with E-state index in [9.17, 15) is 4.79 Å². The van der Waals surface area contributed by atoms with Crippen molar-refractivity contribution in [2.45, 2.75) is 63.1 Å². The van der Waals surface area contributed by atoms with Crippen LogP contribution in [0.3, 0.4) is 0 Å². The van der Waals surface area contributed by atoms with E-state index in [1.165, 1.54) is 44.1 Å². The summed E-state index contributed by atoms with van der Waals surface area (Å²) in [6.45, 7) is 4.16. The van der Waals surface area contributed by atoms with Crippen LogP contribution in [0.1, 0.15) is 56.1 Å². The first-order valence-electron chi connectivity index (χ1n) is 8.91. The average molecular weight is 376 g/mol. The number of carbonyl (C=O) groups is 1. The molecule has 3 heteroatoms. The minimum absolute atomic E-state index is 0.204. The Hall–Kier alpha value is -0.830. The molecule has 1 amide bonds. The van der Waals surface area contributed by atoms with Crippen molar-refractivity contribution in [2.24, 2.45) is 17.3 Å². The molecule has 0 spiro atoms. The Bertz CT molecular complexity index is 639. The molecule has 0 heterocycles. The lowest BCUT2D eigenvalue weighted by molar-refractivity contribution is -0.123. The molecule has 2 atom stereocenters. The molecule has 1 aromatic rings. The fourth-order valence-electron chi connectivity index (χ4n) is 6.03. The van der Waals surface area contributed by atoms with Crippen LogP contribution in [0.25, 0.3) is 0 Å². The van der Waals surface area contributed by atoms with Crippen molar-refractivity contribution in [3.8, 4) is 0 Å². The second-order valence-electron chi connectivity index (χ2n) is 8.66. The minimum Gasteiger partial charge on any atom is -0.326 e. The fraction of sp³-hybridized carbons (Fsp3) is 0.650. The Morgan fingerprint density at radius 3 is 2.52 bits per heavy atom. The summed E-state index contributed by atoms with van der Waals surface area (Å²) >= 11 is 4.04. The van der Waals surface area contributed by atoms with Gasteiger partial charge in [0.2, 0.25) is 5.91 Å². The lowest BCUT2D eigenvalue weighted by Gasteiger charge is -2.60. The summed E-state index contributed by atoms with van der Waals surface area (Å²) in [5.41, 5.74) is 3.61. The highest BCUT2D eigenvalue weighted by Gasteiger charge is 2.57. The monoisotopic (exact) mass is 375 g/mol. The van der Waals surface area contributed by atoms with Crippen molar-refractivity contribution in [1.29, 1.82) is 0 Å². The van der Waals surface area contributed by atoms with Crippen LogP contribution in [-0.2, 0) is 4.79 Å². The van der Waals surface area contributed by atoms with E-state index in [4.69, 9.17) is 0 Å². The molecule has 0 saturated heterocycles. The summed E-state index contributed by atoms with van der Waals surface area (Å²) in [6, 6.07) is 6.24. The van der Waals surface area contributed by atoms with E-state index in [0.717, 1.165) is 23.1 Å². The van der Waals surface area contributed by atoms with E-state index < -0.39 is 0 Å². The topological polar surface area (TPSA) is 29.1 Å². The zero-order valence-corrected chi connectivity index (χ0v) is 15.7. The fourth-order valence-corrected chi connectivity index (χ4v) is 7.54. The zero-order valence-electron chi connectivity index (χ0n) is 14.1. The summed E-state index contributed by atoms with van der Waals surface area (Å²) in [5, 5.41) is 3.17. The molecule has 4 aliphatic rings. The van der Waals surface area contributed by atoms with Crippen LogP contribution in [-0.4, -0.2) is 10.2 Å². The summed E-state index contributed by atoms with van der Waals surface area (Å²) < 4.78 is 0.330. The van der Waals surface area contributed by atoms with Crippen LogP contribution in [0.15, 0.2) is 18.2 Å². The van der Waals surface area contributed by atoms with Gasteiger partial charge in [0.05, 0.1) is 0 Å². The van der Waals surface area contributed by atoms with Crippen molar-refractivity contribution in [1.82, 2.24) is 0 Å². The zero-order chi connectivity index (χ0) is 16.2. The molecule has 1 N–H and O–H groups in total. The summed E-state index contributed by atoms with van der Waals surface area (Å²) in [4.78, 5) is 12.7. The van der Waals surface area contributed by atoms with Gasteiger partial charge in [-0.05, 0) is 81.3 Å². The van der Waals surface area contributed by atoms with Gasteiger partial charge in [0.15, 0.2) is 0 Å². The van der Waals surface area contributed by atoms with Crippen molar-refractivity contribution >= 4 is 27.5 Å². The van der Waals surface area contributed by atoms with E-state index in [2.05, 4.69) is 47.2 Å². The van der Waals surface area contributed by atoms with Gasteiger partial charge in [-0.25, -0.2) is 0 Å². The molecule has 124 valence electrons. The number of aryl methyl sites for hydroxylation is 2. The van der Waals surface area contributed by atoms with Gasteiger partial charge in [-0.2, -0.15) is 0 Å². The third-order valence-electron chi connectivity index (χ3n) is 6.30. The molecular formula is C20H26BrNO. The summed E-state index contributed by atoms with van der Waals surface area (Å²) in [6.07, 6.45) is 8.45. The van der Waals surface area contributed by atoms with Gasteiger partial charge < -0.3 is 5.32 Å². The molecule has 1 aromatic carbocycles. The lowest BCUT2D eigenvalue weighted by atomic mass is 9.48. The van der Waals surface area contributed by atoms with Crippen molar-refractivity contribution < 1.29 is 4.79 Å². The van der Waals surface area contributed by atoms with Gasteiger partial charge in [0, 0.05) is 16.4 Å². The van der Waals surface area contributed by atoms with Gasteiger partial charge >= 0.3 is 0 Å². The number of hydrogen-bond donors (Lipinski definition) is 1. The Morgan fingerprint density at radius 1 is 1.22 bits per heavy atom. The van der Waals surface area contributed by atoms with Crippen LogP contribution < -0.4 is 5.32 Å². The maximum atomic E-state index is 12.7. The number of alkyl halides is 1. The maximum Gasteiger partial charge on any atom is 0.224 e. The van der Waals surface area contributed by atoms with Gasteiger partial charge in [0.25, 0.3) is 0 Å². The third-order valence-corrected chi connectivity index (χ3v) is 7.23. The number of nitrogens with one attached hydrogen (secondary N) is 1. The predicted molar refractivity (Wildman–Crippen MR) is 97.9 cm³/mol. The van der Waals surface area contributed by atoms with E-state index in [1.807, 2.05) is 6.07 Å². The molecule has 23 heavy (non-hydrogen) atoms. The number of carbonyl (C=O) groups excluding carboxylic acids is 1. The Kier molecular flexibility index (Phi) is 3.64. The number of halogens is 1. The number of hydrogen-bond acceptors (Lipinski definition) is 1. The first-order chi connectivity index (χ1) is 10.8. The summed E-state index contributed by atoms with van der Waals surface area (Å²) in [5.74, 6) is 1.88. The van der Waals surface area contributed by atoms with E-state index in [-0.39, 0.29) is 11.3 Å². The highest BCUT2D eigenvalue weighted by atomic mass is 79.9. The smallest absolute Gasteiger partial charge is 0.224 e. The summed E-state index contributed by atoms with van der Waals surface area (Å²) in [7, 11) is 0. The van der Waals surface area contributed by atoms with Crippen molar-refractivity contribution in [3.63, 3.8) is 0 Å². The number of benzene rings is 1. The second kappa shape index (κ2) is 5.34. The predicted octanol–water partition coefficient (Wildman–Crippen LogP) is 5.37. The molecule has 0 aliphatic heterocycles. The second-order valence-corrected chi connectivity index (χ2v) is 10.3. The molecule has 4 aliphatic carbocycles. The molecule has 4 saturated carbocycles. The third kappa shape index (κ3) is 2.97. The van der Waals surface area contributed by atoms with E-state index in [0.29, 0.717) is 10.7 Å². The molecule has 2 nitrogen and oxygen atoms in total. The molecule has 4 bridgehead atoms. The van der Waals surface area contributed by atoms with Gasteiger partial charge in [0.1, 0.15) is 0 Å². The molecule has 5 rings (SSSR count). The first-order valence-corrected chi connectivity index (χ1v) is 9.70. The normalized spacial score (nSPS) is 37.9. The van der Waals surface area contributed by atoms with Gasteiger partial charge in [-0.3, -0.25) is 4.79 Å². The molecule has 0 aromatic heterocycles. The lowest BCUT2D eigenvalue weighted by Crippen LogP contribution is -2.53. The van der Waals surface area contributed by atoms with Crippen LogP contribution in [0.5, 0.6) is 0 Å². The molecule has 0 radical (unpaired) electrons. The molecular weight excluding hydrogens is 350 g/mol. The van der Waals surface area contributed by atoms with E-state index in [1.54, 1.807) is 0 Å². The quantitative estimate of drug-likeness (QED) is 0.707. The van der Waals surface area contributed by atoms with Crippen molar-refractivity contribution in [3.05, 3.63) is 29.3 Å². The largest absolute Gasteiger partial charge is 0.326 e. The van der Waals surface area contributed by atoms with E-state index >= 15 is 0 Å². The van der Waals surface area contributed by atoms with Crippen LogP contribution in [0, 0.1) is 31.1 Å². The number of rotatable bonds is 3. The Morgan fingerprint density at radius 2 is 1.91 bits per heavy atom. The van der Waals surface area contributed by atoms with Crippen molar-refractivity contribution in [2.75, 3.05) is 5.32 Å². The highest BCUT2D eigenvalue weighted by Crippen LogP contribution is 2.65. The maximum absolute atomic E-state index is 12.7. The SMILES string of the molecule is Cc1ccc(NC(=O)CC23C[C@H]4C[C@@H](CC(Br)(C4)C2)C3)c(C)c1. The average Bonchev–Trinajstić information content (AvgIpc) is 2.38. The Balaban J connectivity index is 1.48. The molecule has 4 fully saturated rings. The highest BCUT2D eigenvalue weighted by molar-refractivity contribution is 9.10. The van der Waals surface area contributed by atoms with Crippen LogP contribution >= 0.6 is 15.9 Å². The standard InChI is InChI=1S/C20H26BrNO/c1-13-3-4-17(14(2)5-13)22-18(23)11-19-7-15-6-16(8-19)10-20(21,9-15)12-19/h3-5,15-16H,6-12H2,1-2H3,(H,22,23)/t15-,16-,19?,20?/m1/s1. The van der Waals surface area contributed by atoms with Gasteiger partial charge in [-0.15, -0.1) is 0 Å². The first kappa shape index (κ1) is 15.7. The molecule has 0 unspecified atom stereocenters. The number of amides is 1. The number of anilines is 1. The van der Waals surface area contributed by atoms with Crippen LogP contribution in [0.2, 0.25) is 0 Å².